The molecule has 0 spiro atoms. The second-order valence-electron chi connectivity index (χ2n) is 11.2. The number of nitrogens with zero attached hydrogens (tertiary/aromatic N) is 1. The summed E-state index contributed by atoms with van der Waals surface area (Å²) in [5.41, 5.74) is 0. The van der Waals surface area contributed by atoms with Crippen molar-refractivity contribution in [2.24, 2.45) is 29.6 Å². The molecule has 206 valence electrons. The van der Waals surface area contributed by atoms with Crippen LogP contribution in [0.3, 0.4) is 0 Å². The number of carbonyl (C=O) groups is 3. The summed E-state index contributed by atoms with van der Waals surface area (Å²) in [6.07, 6.45) is 2.02. The minimum atomic E-state index is -0.962. The Morgan fingerprint density at radius 3 is 2.28 bits per heavy atom. The Balaban J connectivity index is 2.40. The molecule has 2 rings (SSSR count). The maximum atomic E-state index is 13.5. The largest absolute Gasteiger partial charge is 0.461 e. The Hall–Kier alpha value is -1.61. The molecule has 1 N–H and O–H groups in total. The molecule has 1 fully saturated rings. The SMILES string of the molecule is CC[C@H]1OC(=O)[C@H](C)C(=O)[C@H](C)[C@@H](OC2OC(C)C[C@H](N(C)C)C2O)[C@@H](C)C[C@@H](C)C(=O)/C=C/[C@H]1C. The molecule has 2 aliphatic heterocycles. The van der Waals surface area contributed by atoms with Gasteiger partial charge in [0.05, 0.1) is 12.2 Å². The molecule has 8 nitrogen and oxygen atoms in total. The number of ether oxygens (including phenoxy) is 3. The minimum Gasteiger partial charge on any atom is -0.461 e. The third-order valence-electron chi connectivity index (χ3n) is 7.88. The van der Waals surface area contributed by atoms with Crippen LogP contribution in [0.2, 0.25) is 0 Å². The summed E-state index contributed by atoms with van der Waals surface area (Å²) in [6, 6.07) is -0.161. The number of carbonyl (C=O) groups excluding carboxylic acids is 3. The number of aliphatic hydroxyl groups is 1. The van der Waals surface area contributed by atoms with Crippen LogP contribution in [0.4, 0.5) is 0 Å². The molecular formula is C28H47NO7. The number of rotatable bonds is 4. The summed E-state index contributed by atoms with van der Waals surface area (Å²) in [5.74, 6) is -3.16. The van der Waals surface area contributed by atoms with Gasteiger partial charge >= 0.3 is 5.97 Å². The minimum absolute atomic E-state index is 0.0201. The number of esters is 1. The van der Waals surface area contributed by atoms with Crippen molar-refractivity contribution in [1.29, 1.82) is 0 Å². The van der Waals surface area contributed by atoms with E-state index in [9.17, 15) is 19.5 Å². The smallest absolute Gasteiger partial charge is 0.316 e. The number of likely N-dealkylation sites (N-methyl/N-ethyl adjacent to an activating group) is 1. The molecule has 0 aromatic rings. The van der Waals surface area contributed by atoms with E-state index in [1.807, 2.05) is 53.6 Å². The fraction of sp³-hybridized carbons (Fsp3) is 0.821. The molecule has 2 heterocycles. The van der Waals surface area contributed by atoms with Crippen LogP contribution in [0.15, 0.2) is 12.2 Å². The second-order valence-corrected chi connectivity index (χ2v) is 11.2. The maximum absolute atomic E-state index is 13.5. The van der Waals surface area contributed by atoms with E-state index in [4.69, 9.17) is 14.2 Å². The van der Waals surface area contributed by atoms with Gasteiger partial charge in [-0.3, -0.25) is 14.4 Å². The molecule has 11 atom stereocenters. The van der Waals surface area contributed by atoms with Crippen LogP contribution in [0.1, 0.15) is 67.7 Å². The molecule has 0 amide bonds. The Labute approximate surface area is 216 Å². The molecule has 0 bridgehead atoms. The van der Waals surface area contributed by atoms with Gasteiger partial charge in [-0.1, -0.05) is 40.7 Å². The molecule has 2 aliphatic rings. The van der Waals surface area contributed by atoms with Crippen LogP contribution < -0.4 is 0 Å². The van der Waals surface area contributed by atoms with E-state index in [0.29, 0.717) is 19.3 Å². The number of hydrogen-bond donors (Lipinski definition) is 1. The van der Waals surface area contributed by atoms with E-state index in [2.05, 4.69) is 0 Å². The third-order valence-corrected chi connectivity index (χ3v) is 7.88. The summed E-state index contributed by atoms with van der Waals surface area (Å²) in [5, 5.41) is 11.0. The maximum Gasteiger partial charge on any atom is 0.316 e. The van der Waals surface area contributed by atoms with Gasteiger partial charge in [-0.05, 0) is 59.2 Å². The monoisotopic (exact) mass is 509 g/mol. The lowest BCUT2D eigenvalue weighted by Gasteiger charge is -2.43. The molecule has 0 aliphatic carbocycles. The van der Waals surface area contributed by atoms with Gasteiger partial charge in [0, 0.05) is 23.8 Å². The van der Waals surface area contributed by atoms with Gasteiger partial charge in [0.25, 0.3) is 0 Å². The molecule has 0 saturated carbocycles. The molecule has 8 heteroatoms. The van der Waals surface area contributed by atoms with Crippen molar-refractivity contribution in [2.75, 3.05) is 14.1 Å². The summed E-state index contributed by atoms with van der Waals surface area (Å²) in [4.78, 5) is 41.2. The van der Waals surface area contributed by atoms with Crippen LogP contribution in [-0.4, -0.2) is 78.4 Å². The average Bonchev–Trinajstić information content (AvgIpc) is 2.83. The van der Waals surface area contributed by atoms with Gasteiger partial charge in [0.2, 0.25) is 0 Å². The summed E-state index contributed by atoms with van der Waals surface area (Å²) < 4.78 is 18.1. The van der Waals surface area contributed by atoms with Crippen molar-refractivity contribution in [1.82, 2.24) is 4.90 Å². The van der Waals surface area contributed by atoms with Crippen LogP contribution in [-0.2, 0) is 28.6 Å². The molecule has 0 radical (unpaired) electrons. The van der Waals surface area contributed by atoms with Crippen LogP contribution in [0.25, 0.3) is 0 Å². The average molecular weight is 510 g/mol. The Morgan fingerprint density at radius 2 is 1.69 bits per heavy atom. The predicted octanol–water partition coefficient (Wildman–Crippen LogP) is 3.40. The first kappa shape index (κ1) is 30.6. The Morgan fingerprint density at radius 1 is 1.06 bits per heavy atom. The van der Waals surface area contributed by atoms with Gasteiger partial charge in [-0.25, -0.2) is 0 Å². The highest BCUT2D eigenvalue weighted by atomic mass is 16.7. The first-order valence-electron chi connectivity index (χ1n) is 13.4. The van der Waals surface area contributed by atoms with E-state index < -0.39 is 42.4 Å². The normalized spacial score (nSPS) is 42.6. The van der Waals surface area contributed by atoms with Crippen molar-refractivity contribution in [3.63, 3.8) is 0 Å². The summed E-state index contributed by atoms with van der Waals surface area (Å²) >= 11 is 0. The lowest BCUT2D eigenvalue weighted by molar-refractivity contribution is -0.278. The highest BCUT2D eigenvalue weighted by Gasteiger charge is 2.43. The van der Waals surface area contributed by atoms with Gasteiger partial charge in [-0.15, -0.1) is 0 Å². The Kier molecular flexibility index (Phi) is 11.3. The predicted molar refractivity (Wildman–Crippen MR) is 137 cm³/mol. The standard InChI is InChI=1S/C28H47NO7/c1-10-23-15(2)11-12-22(30)16(3)13-17(4)26(19(6)24(31)20(7)27(33)35-23)36-28-25(32)21(29(8)9)14-18(5)34-28/h11-12,15-21,23,25-26,28,32H,10,13-14H2,1-9H3/b12-11+/t15-,16-,17+,18?,19+,20-,21+,23-,25?,26+,28?/m1/s1. The third kappa shape index (κ3) is 7.46. The van der Waals surface area contributed by atoms with Crippen LogP contribution in [0.5, 0.6) is 0 Å². The van der Waals surface area contributed by atoms with E-state index >= 15 is 0 Å². The van der Waals surface area contributed by atoms with Crippen molar-refractivity contribution in [3.05, 3.63) is 12.2 Å². The zero-order chi connectivity index (χ0) is 27.3. The lowest BCUT2D eigenvalue weighted by Crippen LogP contribution is -2.56. The van der Waals surface area contributed by atoms with Crippen LogP contribution >= 0.6 is 0 Å². The summed E-state index contributed by atoms with van der Waals surface area (Å²) in [6.45, 7) is 12.9. The molecule has 0 aromatic heterocycles. The van der Waals surface area contributed by atoms with Crippen molar-refractivity contribution >= 4 is 17.5 Å². The zero-order valence-electron chi connectivity index (χ0n) is 23.5. The number of ketones is 2. The van der Waals surface area contributed by atoms with Gasteiger partial charge in [0.1, 0.15) is 18.1 Å². The van der Waals surface area contributed by atoms with Gasteiger partial charge in [-0.2, -0.15) is 0 Å². The molecule has 0 aromatic carbocycles. The van der Waals surface area contributed by atoms with E-state index in [1.54, 1.807) is 26.0 Å². The number of hydrogen-bond acceptors (Lipinski definition) is 8. The topological polar surface area (TPSA) is 102 Å². The van der Waals surface area contributed by atoms with E-state index in [0.717, 1.165) is 0 Å². The molecule has 36 heavy (non-hydrogen) atoms. The number of cyclic esters (lactones) is 1. The number of Topliss-reactive ketones (excluding diaryl/α,β-unsaturated/α-hetero) is 1. The van der Waals surface area contributed by atoms with Crippen molar-refractivity contribution in [2.45, 2.75) is 104 Å². The second kappa shape index (κ2) is 13.3. The highest BCUT2D eigenvalue weighted by molar-refractivity contribution is 6.00. The number of aliphatic hydroxyl groups excluding tert-OH is 1. The molecule has 1 saturated heterocycles. The zero-order valence-corrected chi connectivity index (χ0v) is 23.5. The molecular weight excluding hydrogens is 462 g/mol. The lowest BCUT2D eigenvalue weighted by atomic mass is 9.80. The quantitative estimate of drug-likeness (QED) is 0.454. The van der Waals surface area contributed by atoms with E-state index in [-0.39, 0.29) is 41.5 Å². The van der Waals surface area contributed by atoms with Crippen molar-refractivity contribution < 1.29 is 33.7 Å². The first-order valence-corrected chi connectivity index (χ1v) is 13.4. The summed E-state index contributed by atoms with van der Waals surface area (Å²) in [7, 11) is 3.80. The number of allylic oxidation sites excluding steroid dienone is 1. The Bertz CT molecular complexity index is 797. The van der Waals surface area contributed by atoms with E-state index in [1.165, 1.54) is 0 Å². The fourth-order valence-electron chi connectivity index (χ4n) is 5.38. The van der Waals surface area contributed by atoms with Crippen LogP contribution in [0, 0.1) is 29.6 Å². The van der Waals surface area contributed by atoms with Gasteiger partial charge < -0.3 is 24.2 Å². The first-order chi connectivity index (χ1) is 16.8. The van der Waals surface area contributed by atoms with Gasteiger partial charge in [0.15, 0.2) is 17.9 Å². The fourth-order valence-corrected chi connectivity index (χ4v) is 5.38. The highest BCUT2D eigenvalue weighted by Crippen LogP contribution is 2.32. The van der Waals surface area contributed by atoms with Crippen molar-refractivity contribution in [3.8, 4) is 0 Å². The molecule has 3 unspecified atom stereocenters.